The average Bonchev–Trinajstić information content (AvgIpc) is 2.94. The van der Waals surface area contributed by atoms with Crippen LogP contribution in [0, 0.1) is 0 Å². The number of nitrogens with one attached hydrogen (secondary N) is 1. The SMILES string of the molecule is CC(C)(C)NC(=O)C(O)[C@@H]1CCCN1C(=O)c1ccccc1. The number of hydrogen-bond acceptors (Lipinski definition) is 3. The molecule has 2 N–H and O–H groups in total. The number of nitrogens with zero attached hydrogens (tertiary/aromatic N) is 1. The minimum absolute atomic E-state index is 0.134. The molecule has 5 heteroatoms. The molecule has 5 nitrogen and oxygen atoms in total. The molecule has 1 unspecified atom stereocenters. The third kappa shape index (κ3) is 3.85. The Balaban J connectivity index is 2.10. The van der Waals surface area contributed by atoms with E-state index in [0.29, 0.717) is 18.5 Å². The van der Waals surface area contributed by atoms with Crippen LogP contribution >= 0.6 is 0 Å². The van der Waals surface area contributed by atoms with Crippen molar-refractivity contribution in [3.63, 3.8) is 0 Å². The van der Waals surface area contributed by atoms with Crippen LogP contribution in [-0.2, 0) is 4.79 Å². The fraction of sp³-hybridized carbons (Fsp3) is 0.529. The average molecular weight is 304 g/mol. The number of amides is 2. The first kappa shape index (κ1) is 16.5. The van der Waals surface area contributed by atoms with Gasteiger partial charge in [-0.25, -0.2) is 0 Å². The van der Waals surface area contributed by atoms with Gasteiger partial charge < -0.3 is 15.3 Å². The lowest BCUT2D eigenvalue weighted by Gasteiger charge is -2.30. The normalized spacial score (nSPS) is 19.8. The van der Waals surface area contributed by atoms with Crippen LogP contribution in [0.4, 0.5) is 0 Å². The first-order valence-corrected chi connectivity index (χ1v) is 7.66. The second kappa shape index (κ2) is 6.48. The molecule has 2 rings (SSSR count). The van der Waals surface area contributed by atoms with Crippen LogP contribution < -0.4 is 5.32 Å². The molecule has 0 bridgehead atoms. The highest BCUT2D eigenvalue weighted by molar-refractivity contribution is 5.95. The number of aliphatic hydroxyl groups excluding tert-OH is 1. The van der Waals surface area contributed by atoms with Crippen LogP contribution in [0.25, 0.3) is 0 Å². The Bertz CT molecular complexity index is 537. The maximum absolute atomic E-state index is 12.6. The van der Waals surface area contributed by atoms with Gasteiger partial charge in [-0.2, -0.15) is 0 Å². The number of carbonyl (C=O) groups excluding carboxylic acids is 2. The van der Waals surface area contributed by atoms with E-state index < -0.39 is 23.6 Å². The fourth-order valence-corrected chi connectivity index (χ4v) is 2.74. The molecule has 1 saturated heterocycles. The molecular weight excluding hydrogens is 280 g/mol. The maximum Gasteiger partial charge on any atom is 0.254 e. The number of carbonyl (C=O) groups is 2. The number of aliphatic hydroxyl groups is 1. The summed E-state index contributed by atoms with van der Waals surface area (Å²) in [5.74, 6) is -0.559. The summed E-state index contributed by atoms with van der Waals surface area (Å²) in [6.07, 6.45) is 0.231. The van der Waals surface area contributed by atoms with E-state index in [9.17, 15) is 14.7 Å². The number of likely N-dealkylation sites (tertiary alicyclic amines) is 1. The summed E-state index contributed by atoms with van der Waals surface area (Å²) in [5.41, 5.74) is 0.170. The molecule has 1 fully saturated rings. The van der Waals surface area contributed by atoms with Crippen molar-refractivity contribution < 1.29 is 14.7 Å². The van der Waals surface area contributed by atoms with Crippen molar-refractivity contribution >= 4 is 11.8 Å². The van der Waals surface area contributed by atoms with Gasteiger partial charge in [0.15, 0.2) is 6.10 Å². The van der Waals surface area contributed by atoms with Crippen molar-refractivity contribution in [2.75, 3.05) is 6.54 Å². The molecule has 2 amide bonds. The Kier molecular flexibility index (Phi) is 4.86. The molecule has 0 radical (unpaired) electrons. The van der Waals surface area contributed by atoms with Crippen molar-refractivity contribution in [2.24, 2.45) is 0 Å². The highest BCUT2D eigenvalue weighted by Gasteiger charge is 2.38. The number of benzene rings is 1. The van der Waals surface area contributed by atoms with Crippen LogP contribution in [0.5, 0.6) is 0 Å². The predicted molar refractivity (Wildman–Crippen MR) is 84.4 cm³/mol. The van der Waals surface area contributed by atoms with Gasteiger partial charge in [0.25, 0.3) is 11.8 Å². The Hall–Kier alpha value is -1.88. The van der Waals surface area contributed by atoms with Gasteiger partial charge in [0.05, 0.1) is 6.04 Å². The Labute approximate surface area is 131 Å². The van der Waals surface area contributed by atoms with Crippen molar-refractivity contribution in [1.82, 2.24) is 10.2 Å². The third-order valence-corrected chi connectivity index (χ3v) is 3.71. The van der Waals surface area contributed by atoms with Gasteiger partial charge in [0.1, 0.15) is 0 Å². The van der Waals surface area contributed by atoms with Crippen LogP contribution in [0.1, 0.15) is 44.0 Å². The molecule has 1 aliphatic heterocycles. The van der Waals surface area contributed by atoms with Crippen LogP contribution in [-0.4, -0.2) is 46.1 Å². The van der Waals surface area contributed by atoms with Crippen LogP contribution in [0.2, 0.25) is 0 Å². The summed E-state index contributed by atoms with van der Waals surface area (Å²) < 4.78 is 0. The summed E-state index contributed by atoms with van der Waals surface area (Å²) >= 11 is 0. The molecule has 120 valence electrons. The molecule has 0 saturated carbocycles. The smallest absolute Gasteiger partial charge is 0.254 e. The van der Waals surface area contributed by atoms with Gasteiger partial charge in [-0.15, -0.1) is 0 Å². The summed E-state index contributed by atoms with van der Waals surface area (Å²) in [4.78, 5) is 26.3. The zero-order chi connectivity index (χ0) is 16.3. The van der Waals surface area contributed by atoms with Crippen LogP contribution in [0.3, 0.4) is 0 Å². The zero-order valence-corrected chi connectivity index (χ0v) is 13.4. The quantitative estimate of drug-likeness (QED) is 0.890. The summed E-state index contributed by atoms with van der Waals surface area (Å²) in [5, 5.41) is 13.1. The molecule has 1 heterocycles. The molecule has 1 aliphatic rings. The van der Waals surface area contributed by atoms with Gasteiger partial charge in [0, 0.05) is 17.6 Å². The Morgan fingerprint density at radius 3 is 2.50 bits per heavy atom. The third-order valence-electron chi connectivity index (χ3n) is 3.71. The lowest BCUT2D eigenvalue weighted by Crippen LogP contribution is -2.53. The van der Waals surface area contributed by atoms with E-state index in [1.807, 2.05) is 26.8 Å². The summed E-state index contributed by atoms with van der Waals surface area (Å²) in [6.45, 7) is 6.15. The van der Waals surface area contributed by atoms with E-state index in [2.05, 4.69) is 5.32 Å². The maximum atomic E-state index is 12.6. The second-order valence-corrected chi connectivity index (χ2v) is 6.76. The topological polar surface area (TPSA) is 69.6 Å². The molecule has 0 aromatic heterocycles. The van der Waals surface area contributed by atoms with Crippen molar-refractivity contribution in [3.05, 3.63) is 35.9 Å². The minimum atomic E-state index is -1.20. The lowest BCUT2D eigenvalue weighted by molar-refractivity contribution is -0.133. The van der Waals surface area contributed by atoms with Gasteiger partial charge in [-0.05, 0) is 45.7 Å². The van der Waals surface area contributed by atoms with Crippen molar-refractivity contribution in [3.8, 4) is 0 Å². The van der Waals surface area contributed by atoms with Crippen LogP contribution in [0.15, 0.2) is 30.3 Å². The molecule has 22 heavy (non-hydrogen) atoms. The Morgan fingerprint density at radius 1 is 1.27 bits per heavy atom. The monoisotopic (exact) mass is 304 g/mol. The molecule has 1 aromatic carbocycles. The first-order valence-electron chi connectivity index (χ1n) is 7.66. The second-order valence-electron chi connectivity index (χ2n) is 6.76. The van der Waals surface area contributed by atoms with Crippen molar-refractivity contribution in [2.45, 2.75) is 51.3 Å². The highest BCUT2D eigenvalue weighted by Crippen LogP contribution is 2.23. The minimum Gasteiger partial charge on any atom is -0.381 e. The fourth-order valence-electron chi connectivity index (χ4n) is 2.74. The van der Waals surface area contributed by atoms with E-state index in [1.54, 1.807) is 29.2 Å². The summed E-state index contributed by atoms with van der Waals surface area (Å²) in [6, 6.07) is 8.50. The van der Waals surface area contributed by atoms with Gasteiger partial charge in [0.2, 0.25) is 0 Å². The van der Waals surface area contributed by atoms with E-state index in [1.165, 1.54) is 0 Å². The molecule has 0 spiro atoms. The molecule has 0 aliphatic carbocycles. The summed E-state index contributed by atoms with van der Waals surface area (Å²) in [7, 11) is 0. The van der Waals surface area contributed by atoms with E-state index in [4.69, 9.17) is 0 Å². The van der Waals surface area contributed by atoms with E-state index in [0.717, 1.165) is 6.42 Å². The zero-order valence-electron chi connectivity index (χ0n) is 13.4. The van der Waals surface area contributed by atoms with Gasteiger partial charge in [-0.1, -0.05) is 18.2 Å². The van der Waals surface area contributed by atoms with Crippen molar-refractivity contribution in [1.29, 1.82) is 0 Å². The number of hydrogen-bond donors (Lipinski definition) is 2. The number of rotatable bonds is 3. The van der Waals surface area contributed by atoms with E-state index in [-0.39, 0.29) is 5.91 Å². The van der Waals surface area contributed by atoms with E-state index >= 15 is 0 Å². The largest absolute Gasteiger partial charge is 0.381 e. The molecular formula is C17H24N2O3. The molecule has 2 atom stereocenters. The predicted octanol–water partition coefficient (Wildman–Crippen LogP) is 1.57. The molecule has 1 aromatic rings. The van der Waals surface area contributed by atoms with Gasteiger partial charge >= 0.3 is 0 Å². The lowest BCUT2D eigenvalue weighted by atomic mass is 10.0. The first-order chi connectivity index (χ1) is 10.3. The Morgan fingerprint density at radius 2 is 1.91 bits per heavy atom. The highest BCUT2D eigenvalue weighted by atomic mass is 16.3. The van der Waals surface area contributed by atoms with Gasteiger partial charge in [-0.3, -0.25) is 9.59 Å². The standard InChI is InChI=1S/C17H24N2O3/c1-17(2,3)18-15(21)14(20)13-10-7-11-19(13)16(22)12-8-5-4-6-9-12/h4-6,8-9,13-14,20H,7,10-11H2,1-3H3,(H,18,21)/t13-,14?/m0/s1.